The number of anilines is 1. The third kappa shape index (κ3) is 2.78. The molecule has 0 aliphatic rings. The van der Waals surface area contributed by atoms with Crippen LogP contribution in [0.15, 0.2) is 42.5 Å². The molecule has 0 atom stereocenters. The standard InChI is InChI=1S/C16H16N4O/c1-10-7-11(2)9-12(8-10)21-16-15(20-17)18-13-5-3-4-6-14(13)19-16/h3-9H,17H2,1-2H3,(H,18,20). The number of nitrogen functional groups attached to an aromatic ring is 1. The lowest BCUT2D eigenvalue weighted by Gasteiger charge is -2.11. The number of para-hydroxylation sites is 2. The average molecular weight is 280 g/mol. The minimum Gasteiger partial charge on any atom is -0.436 e. The third-order valence-electron chi connectivity index (χ3n) is 3.09. The van der Waals surface area contributed by atoms with Crippen LogP contribution >= 0.6 is 0 Å². The summed E-state index contributed by atoms with van der Waals surface area (Å²) in [5.41, 5.74) is 6.31. The van der Waals surface area contributed by atoms with E-state index in [-0.39, 0.29) is 0 Å². The van der Waals surface area contributed by atoms with Gasteiger partial charge in [-0.2, -0.15) is 0 Å². The van der Waals surface area contributed by atoms with Gasteiger partial charge < -0.3 is 10.2 Å². The Labute approximate surface area is 122 Å². The van der Waals surface area contributed by atoms with E-state index in [2.05, 4.69) is 21.5 Å². The predicted octanol–water partition coefficient (Wildman–Crippen LogP) is 3.32. The monoisotopic (exact) mass is 280 g/mol. The van der Waals surface area contributed by atoms with E-state index in [0.717, 1.165) is 22.2 Å². The van der Waals surface area contributed by atoms with Crippen molar-refractivity contribution in [2.24, 2.45) is 5.84 Å². The number of benzene rings is 2. The fraction of sp³-hybridized carbons (Fsp3) is 0.125. The van der Waals surface area contributed by atoms with Crippen molar-refractivity contribution in [1.82, 2.24) is 9.97 Å². The molecule has 0 fully saturated rings. The lowest BCUT2D eigenvalue weighted by atomic mass is 10.1. The van der Waals surface area contributed by atoms with Crippen molar-refractivity contribution in [3.8, 4) is 11.6 Å². The van der Waals surface area contributed by atoms with Gasteiger partial charge in [0.05, 0.1) is 11.0 Å². The van der Waals surface area contributed by atoms with E-state index in [1.54, 1.807) is 0 Å². The van der Waals surface area contributed by atoms with Gasteiger partial charge in [0, 0.05) is 0 Å². The van der Waals surface area contributed by atoms with Crippen LogP contribution in [-0.2, 0) is 0 Å². The quantitative estimate of drug-likeness (QED) is 0.568. The van der Waals surface area contributed by atoms with E-state index in [1.807, 2.05) is 50.2 Å². The predicted molar refractivity (Wildman–Crippen MR) is 83.3 cm³/mol. The second-order valence-electron chi connectivity index (χ2n) is 4.94. The molecule has 3 rings (SSSR count). The number of nitrogens with zero attached hydrogens (tertiary/aromatic N) is 2. The second kappa shape index (κ2) is 5.38. The van der Waals surface area contributed by atoms with Crippen LogP contribution in [0.25, 0.3) is 11.0 Å². The summed E-state index contributed by atoms with van der Waals surface area (Å²) >= 11 is 0. The van der Waals surface area contributed by atoms with Crippen molar-refractivity contribution in [2.45, 2.75) is 13.8 Å². The minimum absolute atomic E-state index is 0.362. The summed E-state index contributed by atoms with van der Waals surface area (Å²) in [5.74, 6) is 7.01. The molecule has 106 valence electrons. The number of hydrogen-bond donors (Lipinski definition) is 2. The van der Waals surface area contributed by atoms with Crippen LogP contribution in [-0.4, -0.2) is 9.97 Å². The van der Waals surface area contributed by atoms with E-state index in [1.165, 1.54) is 0 Å². The number of nitrogens with one attached hydrogen (secondary N) is 1. The van der Waals surface area contributed by atoms with Gasteiger partial charge in [-0.15, -0.1) is 0 Å². The first kappa shape index (κ1) is 13.3. The third-order valence-corrected chi connectivity index (χ3v) is 3.09. The van der Waals surface area contributed by atoms with Crippen LogP contribution in [0.3, 0.4) is 0 Å². The molecule has 0 aliphatic heterocycles. The topological polar surface area (TPSA) is 73.1 Å². The van der Waals surface area contributed by atoms with Crippen molar-refractivity contribution in [2.75, 3.05) is 5.43 Å². The molecular formula is C16H16N4O. The van der Waals surface area contributed by atoms with Crippen molar-refractivity contribution < 1.29 is 4.74 Å². The molecule has 2 aromatic carbocycles. The van der Waals surface area contributed by atoms with Gasteiger partial charge in [0.1, 0.15) is 5.75 Å². The number of hydrazine groups is 1. The summed E-state index contributed by atoms with van der Waals surface area (Å²) < 4.78 is 5.85. The van der Waals surface area contributed by atoms with Crippen LogP contribution in [0.5, 0.6) is 11.6 Å². The molecule has 0 spiro atoms. The first-order valence-electron chi connectivity index (χ1n) is 6.65. The van der Waals surface area contributed by atoms with Crippen LogP contribution in [0.2, 0.25) is 0 Å². The van der Waals surface area contributed by atoms with Gasteiger partial charge in [-0.05, 0) is 49.2 Å². The van der Waals surface area contributed by atoms with Gasteiger partial charge in [0.15, 0.2) is 0 Å². The summed E-state index contributed by atoms with van der Waals surface area (Å²) in [6.45, 7) is 4.04. The number of aryl methyl sites for hydroxylation is 2. The Balaban J connectivity index is 2.06. The fourth-order valence-electron chi connectivity index (χ4n) is 2.25. The van der Waals surface area contributed by atoms with Crippen molar-refractivity contribution in [1.29, 1.82) is 0 Å². The molecule has 3 aromatic rings. The van der Waals surface area contributed by atoms with E-state index in [0.29, 0.717) is 17.4 Å². The summed E-state index contributed by atoms with van der Waals surface area (Å²) in [6.07, 6.45) is 0. The van der Waals surface area contributed by atoms with Crippen molar-refractivity contribution in [3.63, 3.8) is 0 Å². The Morgan fingerprint density at radius 1 is 0.952 bits per heavy atom. The molecule has 0 amide bonds. The molecule has 0 bridgehead atoms. The van der Waals surface area contributed by atoms with Gasteiger partial charge in [-0.3, -0.25) is 0 Å². The summed E-state index contributed by atoms with van der Waals surface area (Å²) in [5, 5.41) is 0. The van der Waals surface area contributed by atoms with Gasteiger partial charge in [0.25, 0.3) is 5.88 Å². The fourth-order valence-corrected chi connectivity index (χ4v) is 2.25. The van der Waals surface area contributed by atoms with Crippen LogP contribution in [0.1, 0.15) is 11.1 Å². The average Bonchev–Trinajstić information content (AvgIpc) is 2.45. The van der Waals surface area contributed by atoms with E-state index < -0.39 is 0 Å². The SMILES string of the molecule is Cc1cc(C)cc(Oc2nc3ccccc3nc2NN)c1. The number of fused-ring (bicyclic) bond motifs is 1. The Morgan fingerprint density at radius 3 is 2.19 bits per heavy atom. The second-order valence-corrected chi connectivity index (χ2v) is 4.94. The maximum atomic E-state index is 5.85. The Morgan fingerprint density at radius 2 is 1.57 bits per heavy atom. The zero-order valence-corrected chi connectivity index (χ0v) is 11.9. The summed E-state index contributed by atoms with van der Waals surface area (Å²) in [7, 11) is 0. The number of hydrogen-bond acceptors (Lipinski definition) is 5. The Hall–Kier alpha value is -2.66. The number of aromatic nitrogens is 2. The Kier molecular flexibility index (Phi) is 3.41. The summed E-state index contributed by atoms with van der Waals surface area (Å²) in [4.78, 5) is 8.88. The molecule has 1 heterocycles. The molecule has 21 heavy (non-hydrogen) atoms. The van der Waals surface area contributed by atoms with Gasteiger partial charge in [-0.1, -0.05) is 18.2 Å². The number of rotatable bonds is 3. The van der Waals surface area contributed by atoms with Gasteiger partial charge in [-0.25, -0.2) is 15.8 Å². The highest BCUT2D eigenvalue weighted by atomic mass is 16.5. The maximum absolute atomic E-state index is 5.85. The highest BCUT2D eigenvalue weighted by Gasteiger charge is 2.10. The zero-order chi connectivity index (χ0) is 14.8. The molecule has 3 N–H and O–H groups in total. The van der Waals surface area contributed by atoms with Crippen LogP contribution < -0.4 is 16.0 Å². The largest absolute Gasteiger partial charge is 0.436 e. The maximum Gasteiger partial charge on any atom is 0.264 e. The number of ether oxygens (including phenoxy) is 1. The molecule has 0 saturated carbocycles. The molecule has 0 unspecified atom stereocenters. The summed E-state index contributed by atoms with van der Waals surface area (Å²) in [6, 6.07) is 13.6. The highest BCUT2D eigenvalue weighted by Crippen LogP contribution is 2.28. The molecule has 1 aromatic heterocycles. The van der Waals surface area contributed by atoms with E-state index >= 15 is 0 Å². The smallest absolute Gasteiger partial charge is 0.264 e. The van der Waals surface area contributed by atoms with E-state index in [9.17, 15) is 0 Å². The Bertz CT molecular complexity index is 781. The van der Waals surface area contributed by atoms with Gasteiger partial charge in [0.2, 0.25) is 5.82 Å². The molecule has 0 aliphatic carbocycles. The zero-order valence-electron chi connectivity index (χ0n) is 11.9. The van der Waals surface area contributed by atoms with Gasteiger partial charge >= 0.3 is 0 Å². The van der Waals surface area contributed by atoms with E-state index in [4.69, 9.17) is 10.6 Å². The first-order chi connectivity index (χ1) is 10.2. The highest BCUT2D eigenvalue weighted by molar-refractivity contribution is 5.77. The van der Waals surface area contributed by atoms with Crippen LogP contribution in [0.4, 0.5) is 5.82 Å². The number of nitrogens with two attached hydrogens (primary N) is 1. The molecule has 0 saturated heterocycles. The molecular weight excluding hydrogens is 264 g/mol. The van der Waals surface area contributed by atoms with Crippen LogP contribution in [0, 0.1) is 13.8 Å². The normalized spacial score (nSPS) is 10.6. The minimum atomic E-state index is 0.362. The van der Waals surface area contributed by atoms with Crippen molar-refractivity contribution >= 4 is 16.9 Å². The lowest BCUT2D eigenvalue weighted by molar-refractivity contribution is 0.464. The molecule has 5 heteroatoms. The molecule has 5 nitrogen and oxygen atoms in total. The van der Waals surface area contributed by atoms with Crippen molar-refractivity contribution in [3.05, 3.63) is 53.6 Å². The molecule has 0 radical (unpaired) electrons. The first-order valence-corrected chi connectivity index (χ1v) is 6.65. The lowest BCUT2D eigenvalue weighted by Crippen LogP contribution is -2.11.